The zero-order chi connectivity index (χ0) is 12.9. The van der Waals surface area contributed by atoms with Crippen LogP contribution in [0.15, 0.2) is 40.9 Å². The van der Waals surface area contributed by atoms with Crippen LogP contribution in [0.1, 0.15) is 16.7 Å². The van der Waals surface area contributed by atoms with E-state index in [1.165, 1.54) is 0 Å². The van der Waals surface area contributed by atoms with Crippen molar-refractivity contribution >= 4 is 15.9 Å². The molecular weight excluding hydrogens is 305 g/mol. The molecule has 0 N–H and O–H groups in total. The normalized spacial score (nSPS) is 13.3. The summed E-state index contributed by atoms with van der Waals surface area (Å²) in [5.41, 5.74) is 3.13. The Hall–Kier alpha value is -1.29. The van der Waals surface area contributed by atoms with E-state index in [0.29, 0.717) is 6.42 Å². The smallest absolute Gasteiger partial charge is 0.166 e. The van der Waals surface area contributed by atoms with Crippen molar-refractivity contribution in [2.45, 2.75) is 12.6 Å². The predicted molar refractivity (Wildman–Crippen MR) is 67.4 cm³/mol. The van der Waals surface area contributed by atoms with Crippen LogP contribution < -0.4 is 0 Å². The van der Waals surface area contributed by atoms with Crippen LogP contribution >= 0.6 is 15.9 Å². The molecule has 0 atom stereocenters. The summed E-state index contributed by atoms with van der Waals surface area (Å²) in [4.78, 5) is 0. The van der Waals surface area contributed by atoms with Crippen LogP contribution in [-0.2, 0) is 12.6 Å². The zero-order valence-corrected chi connectivity index (χ0v) is 10.8. The minimum Gasteiger partial charge on any atom is -0.166 e. The minimum atomic E-state index is -4.32. The molecular formula is C14H8BrF3. The van der Waals surface area contributed by atoms with Crippen molar-refractivity contribution in [3.8, 4) is 11.1 Å². The van der Waals surface area contributed by atoms with Crippen LogP contribution in [0.2, 0.25) is 0 Å². The molecule has 0 radical (unpaired) electrons. The number of fused-ring (bicyclic) bond motifs is 3. The Morgan fingerprint density at radius 2 is 1.67 bits per heavy atom. The topological polar surface area (TPSA) is 0 Å². The Balaban J connectivity index is 2.22. The molecule has 0 unspecified atom stereocenters. The molecule has 18 heavy (non-hydrogen) atoms. The van der Waals surface area contributed by atoms with Crippen LogP contribution in [-0.4, -0.2) is 0 Å². The lowest BCUT2D eigenvalue weighted by molar-refractivity contribution is -0.138. The zero-order valence-electron chi connectivity index (χ0n) is 9.18. The molecule has 0 aromatic heterocycles. The Kier molecular flexibility index (Phi) is 2.52. The molecule has 92 valence electrons. The summed E-state index contributed by atoms with van der Waals surface area (Å²) >= 11 is 3.11. The maximum Gasteiger partial charge on any atom is 0.417 e. The molecule has 4 heteroatoms. The molecule has 0 fully saturated rings. The average Bonchev–Trinajstić information content (AvgIpc) is 2.68. The van der Waals surface area contributed by atoms with Gasteiger partial charge in [-0.05, 0) is 50.7 Å². The summed E-state index contributed by atoms with van der Waals surface area (Å²) in [6, 6.07) is 10.4. The van der Waals surface area contributed by atoms with Crippen LogP contribution in [0.3, 0.4) is 0 Å². The van der Waals surface area contributed by atoms with Gasteiger partial charge in [-0.1, -0.05) is 30.3 Å². The van der Waals surface area contributed by atoms with Gasteiger partial charge in [0.05, 0.1) is 5.56 Å². The number of alkyl halides is 3. The molecule has 2 aromatic rings. The fourth-order valence-corrected chi connectivity index (χ4v) is 3.10. The SMILES string of the molecule is FC(F)(F)c1ccc2c(c1Br)Cc1ccccc1-2. The third kappa shape index (κ3) is 1.67. The van der Waals surface area contributed by atoms with Gasteiger partial charge in [-0.15, -0.1) is 0 Å². The quantitative estimate of drug-likeness (QED) is 0.545. The highest BCUT2D eigenvalue weighted by atomic mass is 79.9. The van der Waals surface area contributed by atoms with Gasteiger partial charge in [-0.25, -0.2) is 0 Å². The van der Waals surface area contributed by atoms with Gasteiger partial charge in [0.25, 0.3) is 0 Å². The Bertz CT molecular complexity index is 629. The van der Waals surface area contributed by atoms with Crippen molar-refractivity contribution in [1.29, 1.82) is 0 Å². The van der Waals surface area contributed by atoms with Crippen LogP contribution in [0.4, 0.5) is 13.2 Å². The Labute approximate surface area is 111 Å². The van der Waals surface area contributed by atoms with Gasteiger partial charge in [-0.2, -0.15) is 13.2 Å². The van der Waals surface area contributed by atoms with E-state index in [-0.39, 0.29) is 4.47 Å². The molecule has 0 bridgehead atoms. The average molecular weight is 313 g/mol. The largest absolute Gasteiger partial charge is 0.417 e. The summed E-state index contributed by atoms with van der Waals surface area (Å²) in [6.07, 6.45) is -3.77. The summed E-state index contributed by atoms with van der Waals surface area (Å²) < 4.78 is 38.6. The summed E-state index contributed by atoms with van der Waals surface area (Å²) in [5, 5.41) is 0. The van der Waals surface area contributed by atoms with Gasteiger partial charge in [-0.3, -0.25) is 0 Å². The molecule has 0 saturated carbocycles. The summed E-state index contributed by atoms with van der Waals surface area (Å²) in [7, 11) is 0. The maximum atomic E-state index is 12.8. The van der Waals surface area contributed by atoms with Gasteiger partial charge >= 0.3 is 6.18 Å². The minimum absolute atomic E-state index is 0.170. The van der Waals surface area contributed by atoms with Gasteiger partial charge < -0.3 is 0 Å². The monoisotopic (exact) mass is 312 g/mol. The molecule has 0 spiro atoms. The van der Waals surface area contributed by atoms with Crippen molar-refractivity contribution < 1.29 is 13.2 Å². The summed E-state index contributed by atoms with van der Waals surface area (Å²) in [6.45, 7) is 0. The number of rotatable bonds is 0. The van der Waals surface area contributed by atoms with Gasteiger partial charge in [0.1, 0.15) is 0 Å². The van der Waals surface area contributed by atoms with Crippen LogP contribution in [0.25, 0.3) is 11.1 Å². The van der Waals surface area contributed by atoms with Crippen molar-refractivity contribution in [3.05, 3.63) is 57.6 Å². The third-order valence-corrected chi connectivity index (χ3v) is 4.13. The van der Waals surface area contributed by atoms with Crippen LogP contribution in [0, 0.1) is 0 Å². The lowest BCUT2D eigenvalue weighted by atomic mass is 10.0. The molecule has 0 nitrogen and oxygen atoms in total. The summed E-state index contributed by atoms with van der Waals surface area (Å²) in [5.74, 6) is 0. The lowest BCUT2D eigenvalue weighted by Crippen LogP contribution is -2.07. The van der Waals surface area contributed by atoms with E-state index in [2.05, 4.69) is 15.9 Å². The van der Waals surface area contributed by atoms with Crippen LogP contribution in [0.5, 0.6) is 0 Å². The second-order valence-electron chi connectivity index (χ2n) is 4.28. The fraction of sp³-hybridized carbons (Fsp3) is 0.143. The first-order valence-corrected chi connectivity index (χ1v) is 6.24. The second-order valence-corrected chi connectivity index (χ2v) is 5.08. The van der Waals surface area contributed by atoms with E-state index in [1.54, 1.807) is 6.07 Å². The van der Waals surface area contributed by atoms with E-state index in [4.69, 9.17) is 0 Å². The standard InChI is InChI=1S/C14H8BrF3/c15-13-11-7-8-3-1-2-4-9(8)10(11)5-6-12(13)14(16,17)18/h1-6H,7H2. The number of benzene rings is 2. The second kappa shape index (κ2) is 3.85. The molecule has 2 aromatic carbocycles. The van der Waals surface area contributed by atoms with Gasteiger partial charge in [0.2, 0.25) is 0 Å². The van der Waals surface area contributed by atoms with E-state index in [9.17, 15) is 13.2 Å². The molecule has 0 saturated heterocycles. The van der Waals surface area contributed by atoms with E-state index in [0.717, 1.165) is 28.3 Å². The molecule has 1 aliphatic carbocycles. The Morgan fingerprint density at radius 1 is 0.944 bits per heavy atom. The highest BCUT2D eigenvalue weighted by Gasteiger charge is 2.35. The molecule has 0 heterocycles. The van der Waals surface area contributed by atoms with Crippen molar-refractivity contribution in [2.24, 2.45) is 0 Å². The number of halogens is 4. The van der Waals surface area contributed by atoms with Crippen molar-refractivity contribution in [1.82, 2.24) is 0 Å². The van der Waals surface area contributed by atoms with Crippen molar-refractivity contribution in [3.63, 3.8) is 0 Å². The van der Waals surface area contributed by atoms with Gasteiger partial charge in [0.15, 0.2) is 0 Å². The van der Waals surface area contributed by atoms with E-state index in [1.807, 2.05) is 24.3 Å². The Morgan fingerprint density at radius 3 is 2.39 bits per heavy atom. The first-order valence-electron chi connectivity index (χ1n) is 5.45. The highest BCUT2D eigenvalue weighted by molar-refractivity contribution is 9.10. The first-order chi connectivity index (χ1) is 8.48. The van der Waals surface area contributed by atoms with Gasteiger partial charge in [0, 0.05) is 4.47 Å². The number of hydrogen-bond donors (Lipinski definition) is 0. The molecule has 1 aliphatic rings. The van der Waals surface area contributed by atoms with E-state index >= 15 is 0 Å². The first kappa shape index (κ1) is 11.8. The van der Waals surface area contributed by atoms with Crippen molar-refractivity contribution in [2.75, 3.05) is 0 Å². The number of hydrogen-bond acceptors (Lipinski definition) is 0. The maximum absolute atomic E-state index is 12.8. The molecule has 0 aliphatic heterocycles. The fourth-order valence-electron chi connectivity index (χ4n) is 2.39. The highest BCUT2D eigenvalue weighted by Crippen LogP contribution is 2.45. The third-order valence-electron chi connectivity index (χ3n) is 3.22. The molecule has 3 rings (SSSR count). The lowest BCUT2D eigenvalue weighted by Gasteiger charge is -2.12. The molecule has 0 amide bonds. The predicted octanol–water partition coefficient (Wildman–Crippen LogP) is 5.04. The van der Waals surface area contributed by atoms with E-state index < -0.39 is 11.7 Å².